The minimum Gasteiger partial charge on any atom is -0.507 e. The third-order valence-electron chi connectivity index (χ3n) is 3.52. The van der Waals surface area contributed by atoms with Gasteiger partial charge in [0.05, 0.1) is 17.1 Å². The van der Waals surface area contributed by atoms with Crippen molar-refractivity contribution in [3.63, 3.8) is 0 Å². The van der Waals surface area contributed by atoms with Gasteiger partial charge in [-0.25, -0.2) is 0 Å². The summed E-state index contributed by atoms with van der Waals surface area (Å²) in [7, 11) is 0. The van der Waals surface area contributed by atoms with Crippen molar-refractivity contribution in [1.29, 1.82) is 0 Å². The van der Waals surface area contributed by atoms with Gasteiger partial charge in [-0.05, 0) is 37.8 Å². The van der Waals surface area contributed by atoms with Gasteiger partial charge in [-0.2, -0.15) is 4.99 Å². The molecule has 2 aliphatic rings. The van der Waals surface area contributed by atoms with Crippen molar-refractivity contribution in [1.82, 2.24) is 4.90 Å². The third-order valence-corrected chi connectivity index (χ3v) is 4.57. The van der Waals surface area contributed by atoms with E-state index >= 15 is 0 Å². The van der Waals surface area contributed by atoms with Crippen LogP contribution in [0.4, 0.5) is 0 Å². The summed E-state index contributed by atoms with van der Waals surface area (Å²) in [5.74, 6) is -0.0967. The molecular formula is C16H18N2O3S. The molecule has 0 aliphatic carbocycles. The van der Waals surface area contributed by atoms with Crippen LogP contribution in [0.1, 0.15) is 19.4 Å². The number of hydrogen-bond acceptors (Lipinski definition) is 5. The van der Waals surface area contributed by atoms with Crippen molar-refractivity contribution in [3.05, 3.63) is 34.7 Å². The molecule has 2 aliphatic heterocycles. The van der Waals surface area contributed by atoms with Crippen molar-refractivity contribution in [2.24, 2.45) is 4.99 Å². The molecular weight excluding hydrogens is 300 g/mol. The van der Waals surface area contributed by atoms with Gasteiger partial charge in [-0.15, -0.1) is 0 Å². The lowest BCUT2D eigenvalue weighted by Gasteiger charge is -2.35. The molecule has 2 heterocycles. The fourth-order valence-corrected chi connectivity index (χ4v) is 3.54. The molecule has 3 rings (SSSR count). The molecule has 116 valence electrons. The van der Waals surface area contributed by atoms with Gasteiger partial charge in [-0.1, -0.05) is 18.2 Å². The van der Waals surface area contributed by atoms with E-state index in [2.05, 4.69) is 9.89 Å². The van der Waals surface area contributed by atoms with Crippen LogP contribution >= 0.6 is 11.8 Å². The molecule has 1 fully saturated rings. The van der Waals surface area contributed by atoms with E-state index in [9.17, 15) is 9.90 Å². The first-order valence-electron chi connectivity index (χ1n) is 7.24. The largest absolute Gasteiger partial charge is 0.507 e. The van der Waals surface area contributed by atoms with E-state index in [4.69, 9.17) is 4.74 Å². The molecule has 1 saturated heterocycles. The van der Waals surface area contributed by atoms with E-state index in [0.717, 1.165) is 13.1 Å². The summed E-state index contributed by atoms with van der Waals surface area (Å²) >= 11 is 1.35. The Labute approximate surface area is 133 Å². The highest BCUT2D eigenvalue weighted by Crippen LogP contribution is 2.32. The van der Waals surface area contributed by atoms with E-state index in [1.807, 2.05) is 19.9 Å². The number of amidine groups is 1. The van der Waals surface area contributed by atoms with Crippen LogP contribution in [-0.4, -0.2) is 46.4 Å². The number of ether oxygens (including phenoxy) is 1. The molecule has 0 aromatic heterocycles. The summed E-state index contributed by atoms with van der Waals surface area (Å²) in [6.45, 7) is 5.49. The molecule has 0 saturated carbocycles. The van der Waals surface area contributed by atoms with Crippen molar-refractivity contribution >= 4 is 28.9 Å². The molecule has 1 N–H and O–H groups in total. The number of aromatic hydroxyl groups is 1. The van der Waals surface area contributed by atoms with E-state index in [-0.39, 0.29) is 23.9 Å². The van der Waals surface area contributed by atoms with Crippen LogP contribution in [-0.2, 0) is 9.53 Å². The monoisotopic (exact) mass is 318 g/mol. The van der Waals surface area contributed by atoms with Crippen molar-refractivity contribution in [2.75, 3.05) is 13.1 Å². The minimum absolute atomic E-state index is 0.119. The summed E-state index contributed by atoms with van der Waals surface area (Å²) in [6, 6.07) is 6.94. The predicted octanol–water partition coefficient (Wildman–Crippen LogP) is 2.47. The zero-order chi connectivity index (χ0) is 15.7. The molecule has 2 atom stereocenters. The van der Waals surface area contributed by atoms with Gasteiger partial charge in [0.2, 0.25) is 0 Å². The second kappa shape index (κ2) is 6.14. The summed E-state index contributed by atoms with van der Waals surface area (Å²) in [6.07, 6.45) is 1.92. The number of hydrogen-bond donors (Lipinski definition) is 1. The highest BCUT2D eigenvalue weighted by molar-refractivity contribution is 8.18. The van der Waals surface area contributed by atoms with Crippen molar-refractivity contribution < 1.29 is 14.6 Å². The number of carbonyl (C=O) groups is 1. The second-order valence-electron chi connectivity index (χ2n) is 5.53. The number of morpholine rings is 1. The lowest BCUT2D eigenvalue weighted by Crippen LogP contribution is -2.47. The van der Waals surface area contributed by atoms with Crippen molar-refractivity contribution in [2.45, 2.75) is 26.1 Å². The fraction of sp³-hybridized carbons (Fsp3) is 0.375. The van der Waals surface area contributed by atoms with Crippen LogP contribution in [0.25, 0.3) is 6.08 Å². The maximum Gasteiger partial charge on any atom is 0.286 e. The van der Waals surface area contributed by atoms with E-state index in [1.54, 1.807) is 24.3 Å². The molecule has 0 spiro atoms. The summed E-state index contributed by atoms with van der Waals surface area (Å²) in [5, 5.41) is 10.5. The summed E-state index contributed by atoms with van der Waals surface area (Å²) in [4.78, 5) is 18.9. The first kappa shape index (κ1) is 15.1. The van der Waals surface area contributed by atoms with Crippen LogP contribution in [0.3, 0.4) is 0 Å². The molecule has 22 heavy (non-hydrogen) atoms. The Hall–Kier alpha value is -1.79. The Morgan fingerprint density at radius 2 is 2.00 bits per heavy atom. The quantitative estimate of drug-likeness (QED) is 0.806. The summed E-state index contributed by atoms with van der Waals surface area (Å²) < 4.78 is 5.70. The SMILES string of the molecule is C[C@H]1CN(C2=NC(=O)/C(=C/c3ccccc3O)S2)C[C@H](C)O1. The number of phenolic OH excluding ortho intramolecular Hbond substituents is 1. The Morgan fingerprint density at radius 1 is 1.32 bits per heavy atom. The number of para-hydroxylation sites is 1. The van der Waals surface area contributed by atoms with Crippen LogP contribution in [0.5, 0.6) is 5.75 Å². The zero-order valence-corrected chi connectivity index (χ0v) is 13.3. The molecule has 0 bridgehead atoms. The van der Waals surface area contributed by atoms with Gasteiger partial charge < -0.3 is 14.7 Å². The Kier molecular flexibility index (Phi) is 4.22. The van der Waals surface area contributed by atoms with Gasteiger partial charge in [-0.3, -0.25) is 4.79 Å². The van der Waals surface area contributed by atoms with Crippen LogP contribution < -0.4 is 0 Å². The number of amides is 1. The highest BCUT2D eigenvalue weighted by Gasteiger charge is 2.31. The predicted molar refractivity (Wildman–Crippen MR) is 87.7 cm³/mol. The van der Waals surface area contributed by atoms with E-state index in [0.29, 0.717) is 15.6 Å². The zero-order valence-electron chi connectivity index (χ0n) is 12.5. The number of carbonyl (C=O) groups excluding carboxylic acids is 1. The Bertz CT molecular complexity index is 647. The highest BCUT2D eigenvalue weighted by atomic mass is 32.2. The smallest absolute Gasteiger partial charge is 0.286 e. The molecule has 0 unspecified atom stereocenters. The van der Waals surface area contributed by atoms with E-state index < -0.39 is 0 Å². The molecule has 1 aromatic carbocycles. The number of rotatable bonds is 1. The number of aliphatic imine (C=N–C) groups is 1. The lowest BCUT2D eigenvalue weighted by molar-refractivity contribution is -0.113. The van der Waals surface area contributed by atoms with Gasteiger partial charge in [0.1, 0.15) is 5.75 Å². The molecule has 0 radical (unpaired) electrons. The second-order valence-corrected chi connectivity index (χ2v) is 6.54. The molecule has 6 heteroatoms. The van der Waals surface area contributed by atoms with Gasteiger partial charge >= 0.3 is 0 Å². The number of thioether (sulfide) groups is 1. The lowest BCUT2D eigenvalue weighted by atomic mass is 10.2. The van der Waals surface area contributed by atoms with Gasteiger partial charge in [0, 0.05) is 18.7 Å². The fourth-order valence-electron chi connectivity index (χ4n) is 2.62. The normalized spacial score (nSPS) is 27.4. The molecule has 1 amide bonds. The third kappa shape index (κ3) is 3.18. The standard InChI is InChI=1S/C16H18N2O3S/c1-10-8-18(9-11(2)21-10)16-17-15(20)14(22-16)7-12-5-3-4-6-13(12)19/h3-7,10-11,19H,8-9H2,1-2H3/b14-7-/t10-,11-/m0/s1. The average Bonchev–Trinajstić information content (AvgIpc) is 2.82. The van der Waals surface area contributed by atoms with E-state index in [1.165, 1.54) is 11.8 Å². The van der Waals surface area contributed by atoms with Crippen LogP contribution in [0.2, 0.25) is 0 Å². The molecule has 5 nitrogen and oxygen atoms in total. The number of nitrogens with zero attached hydrogens (tertiary/aromatic N) is 2. The number of phenols is 1. The Balaban J connectivity index is 1.78. The molecule has 1 aromatic rings. The maximum atomic E-state index is 12.1. The van der Waals surface area contributed by atoms with Crippen molar-refractivity contribution in [3.8, 4) is 5.75 Å². The Morgan fingerprint density at radius 3 is 2.68 bits per heavy atom. The van der Waals surface area contributed by atoms with Crippen LogP contribution in [0.15, 0.2) is 34.2 Å². The van der Waals surface area contributed by atoms with Gasteiger partial charge in [0.25, 0.3) is 5.91 Å². The van der Waals surface area contributed by atoms with Gasteiger partial charge in [0.15, 0.2) is 5.17 Å². The summed E-state index contributed by atoms with van der Waals surface area (Å²) in [5.41, 5.74) is 0.624. The average molecular weight is 318 g/mol. The minimum atomic E-state index is -0.255. The number of benzene rings is 1. The maximum absolute atomic E-state index is 12.1. The topological polar surface area (TPSA) is 62.1 Å². The first-order chi connectivity index (χ1) is 10.5. The van der Waals surface area contributed by atoms with Crippen LogP contribution in [0, 0.1) is 0 Å². The first-order valence-corrected chi connectivity index (χ1v) is 8.05.